The molecular formula is C19H17N3O4S. The van der Waals surface area contributed by atoms with Crippen LogP contribution in [0.1, 0.15) is 10.4 Å². The lowest BCUT2D eigenvalue weighted by Gasteiger charge is -2.11. The molecule has 0 atom stereocenters. The Morgan fingerprint density at radius 3 is 2.67 bits per heavy atom. The third-order valence-corrected chi connectivity index (χ3v) is 4.20. The van der Waals surface area contributed by atoms with Crippen molar-refractivity contribution in [3.05, 3.63) is 65.7 Å². The summed E-state index contributed by atoms with van der Waals surface area (Å²) in [7, 11) is 1.56. The average Bonchev–Trinajstić information content (AvgIpc) is 3.20. The second kappa shape index (κ2) is 8.81. The van der Waals surface area contributed by atoms with E-state index in [1.165, 1.54) is 11.3 Å². The van der Waals surface area contributed by atoms with Crippen molar-refractivity contribution in [1.29, 1.82) is 0 Å². The first-order valence-electron chi connectivity index (χ1n) is 8.02. The number of benzene rings is 2. The van der Waals surface area contributed by atoms with Crippen molar-refractivity contribution < 1.29 is 19.1 Å². The molecule has 0 unspecified atom stereocenters. The molecule has 2 aromatic carbocycles. The fourth-order valence-corrected chi connectivity index (χ4v) is 2.79. The summed E-state index contributed by atoms with van der Waals surface area (Å²) < 4.78 is 10.6. The summed E-state index contributed by atoms with van der Waals surface area (Å²) in [6.07, 6.45) is 1.60. The number of nitrogens with zero attached hydrogens (tertiary/aromatic N) is 1. The second-order valence-corrected chi connectivity index (χ2v) is 6.25. The van der Waals surface area contributed by atoms with E-state index < -0.39 is 0 Å². The van der Waals surface area contributed by atoms with Gasteiger partial charge in [-0.2, -0.15) is 0 Å². The molecule has 0 aliphatic rings. The van der Waals surface area contributed by atoms with Gasteiger partial charge in [0.1, 0.15) is 11.5 Å². The maximum Gasteiger partial charge on any atom is 0.262 e. The number of methoxy groups -OCH3 is 1. The molecule has 0 radical (unpaired) electrons. The molecule has 8 heteroatoms. The van der Waals surface area contributed by atoms with Gasteiger partial charge in [-0.15, -0.1) is 11.3 Å². The first kappa shape index (κ1) is 18.4. The van der Waals surface area contributed by atoms with Crippen LogP contribution in [0.4, 0.5) is 10.8 Å². The summed E-state index contributed by atoms with van der Waals surface area (Å²) in [6.45, 7) is -0.199. The molecule has 7 nitrogen and oxygen atoms in total. The maximum absolute atomic E-state index is 12.4. The zero-order valence-corrected chi connectivity index (χ0v) is 15.3. The largest absolute Gasteiger partial charge is 0.497 e. The van der Waals surface area contributed by atoms with Gasteiger partial charge in [0, 0.05) is 17.6 Å². The summed E-state index contributed by atoms with van der Waals surface area (Å²) in [6, 6.07) is 13.7. The number of amides is 2. The Morgan fingerprint density at radius 1 is 1.07 bits per heavy atom. The number of carbonyl (C=O) groups is 2. The minimum Gasteiger partial charge on any atom is -0.497 e. The zero-order chi connectivity index (χ0) is 19.1. The van der Waals surface area contributed by atoms with Crippen molar-refractivity contribution in [2.75, 3.05) is 24.4 Å². The zero-order valence-electron chi connectivity index (χ0n) is 14.5. The van der Waals surface area contributed by atoms with Gasteiger partial charge < -0.3 is 14.8 Å². The standard InChI is InChI=1S/C19H17N3O4S/c1-25-13-5-4-6-14(11-13)26-12-17(23)21-16-8-3-2-7-15(16)18(24)22-19-20-9-10-27-19/h2-11H,12H2,1H3,(H,21,23)(H,20,22,24). The Balaban J connectivity index is 1.63. The Hall–Kier alpha value is -3.39. The molecule has 2 N–H and O–H groups in total. The second-order valence-electron chi connectivity index (χ2n) is 5.35. The lowest BCUT2D eigenvalue weighted by molar-refractivity contribution is -0.118. The van der Waals surface area contributed by atoms with Crippen molar-refractivity contribution in [3.8, 4) is 11.5 Å². The number of ether oxygens (including phenoxy) is 2. The molecule has 0 saturated heterocycles. The van der Waals surface area contributed by atoms with Crippen LogP contribution in [0, 0.1) is 0 Å². The van der Waals surface area contributed by atoms with Crippen LogP contribution in [-0.4, -0.2) is 30.5 Å². The van der Waals surface area contributed by atoms with Gasteiger partial charge in [-0.25, -0.2) is 4.98 Å². The normalized spacial score (nSPS) is 10.1. The lowest BCUT2D eigenvalue weighted by atomic mass is 10.1. The fourth-order valence-electron chi connectivity index (χ4n) is 2.27. The van der Waals surface area contributed by atoms with Crippen molar-refractivity contribution in [2.45, 2.75) is 0 Å². The summed E-state index contributed by atoms with van der Waals surface area (Å²) in [5, 5.41) is 7.64. The fraction of sp³-hybridized carbons (Fsp3) is 0.105. The molecule has 0 saturated carbocycles. The minimum absolute atomic E-state index is 0.199. The number of para-hydroxylation sites is 1. The number of rotatable bonds is 7. The lowest BCUT2D eigenvalue weighted by Crippen LogP contribution is -2.22. The monoisotopic (exact) mass is 383 g/mol. The smallest absolute Gasteiger partial charge is 0.262 e. The number of anilines is 2. The van der Waals surface area contributed by atoms with Gasteiger partial charge in [-0.1, -0.05) is 18.2 Å². The number of nitrogens with one attached hydrogen (secondary N) is 2. The van der Waals surface area contributed by atoms with E-state index in [1.54, 1.807) is 67.2 Å². The van der Waals surface area contributed by atoms with Crippen LogP contribution in [0.5, 0.6) is 11.5 Å². The van der Waals surface area contributed by atoms with E-state index >= 15 is 0 Å². The van der Waals surface area contributed by atoms with Gasteiger partial charge in [-0.05, 0) is 24.3 Å². The van der Waals surface area contributed by atoms with E-state index in [9.17, 15) is 9.59 Å². The number of hydrogen-bond donors (Lipinski definition) is 2. The molecule has 138 valence electrons. The van der Waals surface area contributed by atoms with Gasteiger partial charge in [0.25, 0.3) is 11.8 Å². The van der Waals surface area contributed by atoms with E-state index in [0.717, 1.165) is 0 Å². The summed E-state index contributed by atoms with van der Waals surface area (Å²) in [5.41, 5.74) is 0.730. The molecule has 3 rings (SSSR count). The molecule has 2 amide bonds. The highest BCUT2D eigenvalue weighted by atomic mass is 32.1. The van der Waals surface area contributed by atoms with Crippen molar-refractivity contribution in [3.63, 3.8) is 0 Å². The topological polar surface area (TPSA) is 89.5 Å². The molecule has 0 spiro atoms. The van der Waals surface area contributed by atoms with E-state index in [2.05, 4.69) is 15.6 Å². The minimum atomic E-state index is -0.382. The Morgan fingerprint density at radius 2 is 1.89 bits per heavy atom. The van der Waals surface area contributed by atoms with Crippen LogP contribution < -0.4 is 20.1 Å². The van der Waals surface area contributed by atoms with Crippen LogP contribution in [0.2, 0.25) is 0 Å². The SMILES string of the molecule is COc1cccc(OCC(=O)Nc2ccccc2C(=O)Nc2nccs2)c1. The number of thiazole rings is 1. The van der Waals surface area contributed by atoms with Crippen molar-refractivity contribution in [1.82, 2.24) is 4.98 Å². The first-order chi connectivity index (χ1) is 13.2. The van der Waals surface area contributed by atoms with Gasteiger partial charge >= 0.3 is 0 Å². The Labute approximate surface area is 160 Å². The summed E-state index contributed by atoms with van der Waals surface area (Å²) in [4.78, 5) is 28.7. The van der Waals surface area contributed by atoms with Crippen LogP contribution in [-0.2, 0) is 4.79 Å². The van der Waals surface area contributed by atoms with Crippen LogP contribution in [0.3, 0.4) is 0 Å². The van der Waals surface area contributed by atoms with Crippen molar-refractivity contribution in [2.24, 2.45) is 0 Å². The van der Waals surface area contributed by atoms with Gasteiger partial charge in [0.15, 0.2) is 11.7 Å². The molecule has 0 bridgehead atoms. The van der Waals surface area contributed by atoms with E-state index in [-0.39, 0.29) is 18.4 Å². The molecule has 1 aromatic heterocycles. The highest BCUT2D eigenvalue weighted by molar-refractivity contribution is 7.13. The molecule has 0 aliphatic carbocycles. The quantitative estimate of drug-likeness (QED) is 0.652. The molecule has 3 aromatic rings. The highest BCUT2D eigenvalue weighted by Gasteiger charge is 2.14. The molecule has 0 fully saturated rings. The van der Waals surface area contributed by atoms with Crippen molar-refractivity contribution >= 4 is 34.0 Å². The van der Waals surface area contributed by atoms with Gasteiger partial charge in [0.2, 0.25) is 0 Å². The first-order valence-corrected chi connectivity index (χ1v) is 8.90. The Kier molecular flexibility index (Phi) is 6.01. The predicted molar refractivity (Wildman–Crippen MR) is 104 cm³/mol. The number of aromatic nitrogens is 1. The Bertz CT molecular complexity index is 928. The third kappa shape index (κ3) is 5.05. The summed E-state index contributed by atoms with van der Waals surface area (Å²) >= 11 is 1.31. The van der Waals surface area contributed by atoms with E-state index in [1.807, 2.05) is 0 Å². The van der Waals surface area contributed by atoms with E-state index in [4.69, 9.17) is 9.47 Å². The van der Waals surface area contributed by atoms with Gasteiger partial charge in [0.05, 0.1) is 18.4 Å². The maximum atomic E-state index is 12.4. The van der Waals surface area contributed by atoms with Gasteiger partial charge in [-0.3, -0.25) is 14.9 Å². The van der Waals surface area contributed by atoms with Crippen LogP contribution in [0.15, 0.2) is 60.1 Å². The molecule has 1 heterocycles. The highest BCUT2D eigenvalue weighted by Crippen LogP contribution is 2.20. The number of hydrogen-bond acceptors (Lipinski definition) is 6. The van der Waals surface area contributed by atoms with E-state index in [0.29, 0.717) is 27.9 Å². The summed E-state index contributed by atoms with van der Waals surface area (Å²) in [5.74, 6) is 0.415. The number of carbonyl (C=O) groups excluding carboxylic acids is 2. The molecule has 27 heavy (non-hydrogen) atoms. The third-order valence-electron chi connectivity index (χ3n) is 3.51. The molecule has 0 aliphatic heterocycles. The van der Waals surface area contributed by atoms with Crippen LogP contribution >= 0.6 is 11.3 Å². The van der Waals surface area contributed by atoms with Crippen LogP contribution in [0.25, 0.3) is 0 Å². The molecular weight excluding hydrogens is 366 g/mol. The predicted octanol–water partition coefficient (Wildman–Crippen LogP) is 3.42. The average molecular weight is 383 g/mol.